The molecule has 2 heteroatoms. The SMILES string of the molecule is CCOC/C=C/CCCl. The molecule has 54 valence electrons. The fraction of sp³-hybridized carbons (Fsp3) is 0.714. The van der Waals surface area contributed by atoms with Gasteiger partial charge in [0.2, 0.25) is 0 Å². The van der Waals surface area contributed by atoms with Crippen molar-refractivity contribution in [2.75, 3.05) is 19.1 Å². The van der Waals surface area contributed by atoms with Gasteiger partial charge in [0, 0.05) is 12.5 Å². The van der Waals surface area contributed by atoms with E-state index in [2.05, 4.69) is 0 Å². The summed E-state index contributed by atoms with van der Waals surface area (Å²) in [6.45, 7) is 3.48. The van der Waals surface area contributed by atoms with Crippen molar-refractivity contribution in [3.63, 3.8) is 0 Å². The Morgan fingerprint density at radius 3 is 2.78 bits per heavy atom. The van der Waals surface area contributed by atoms with E-state index in [4.69, 9.17) is 16.3 Å². The van der Waals surface area contributed by atoms with Crippen molar-refractivity contribution >= 4 is 11.6 Å². The Labute approximate surface area is 61.7 Å². The van der Waals surface area contributed by atoms with Gasteiger partial charge in [-0.3, -0.25) is 0 Å². The third kappa shape index (κ3) is 7.99. The standard InChI is InChI=1S/C7H13ClO/c1-2-9-7-5-3-4-6-8/h3,5H,2,4,6-7H2,1H3/b5-3+. The van der Waals surface area contributed by atoms with Crippen molar-refractivity contribution in [3.8, 4) is 0 Å². The van der Waals surface area contributed by atoms with Crippen LogP contribution in [0.25, 0.3) is 0 Å². The highest BCUT2D eigenvalue weighted by Crippen LogP contribution is 1.86. The molecule has 0 aromatic heterocycles. The molecule has 0 aliphatic rings. The van der Waals surface area contributed by atoms with Crippen LogP contribution in [0.5, 0.6) is 0 Å². The van der Waals surface area contributed by atoms with Gasteiger partial charge >= 0.3 is 0 Å². The van der Waals surface area contributed by atoms with Crippen LogP contribution in [0.3, 0.4) is 0 Å². The number of hydrogen-bond donors (Lipinski definition) is 0. The first-order chi connectivity index (χ1) is 4.41. The molecule has 0 saturated carbocycles. The van der Waals surface area contributed by atoms with Gasteiger partial charge in [-0.05, 0) is 13.3 Å². The van der Waals surface area contributed by atoms with Crippen molar-refractivity contribution in [2.45, 2.75) is 13.3 Å². The number of halogens is 1. The predicted molar refractivity (Wildman–Crippen MR) is 41.0 cm³/mol. The Kier molecular flexibility index (Phi) is 7.98. The lowest BCUT2D eigenvalue weighted by Gasteiger charge is -1.91. The quantitative estimate of drug-likeness (QED) is 0.330. The van der Waals surface area contributed by atoms with E-state index in [9.17, 15) is 0 Å². The average Bonchev–Trinajstić information content (AvgIpc) is 1.89. The first-order valence-electron chi connectivity index (χ1n) is 3.20. The molecule has 0 rings (SSSR count). The smallest absolute Gasteiger partial charge is 0.0647 e. The molecule has 0 N–H and O–H groups in total. The molecule has 1 nitrogen and oxygen atoms in total. The molecule has 0 aromatic rings. The summed E-state index contributed by atoms with van der Waals surface area (Å²) in [6, 6.07) is 0. The molecule has 0 aromatic carbocycles. The number of alkyl halides is 1. The Morgan fingerprint density at radius 1 is 1.44 bits per heavy atom. The highest BCUT2D eigenvalue weighted by atomic mass is 35.5. The van der Waals surface area contributed by atoms with E-state index >= 15 is 0 Å². The Bertz CT molecular complexity index is 71.3. The lowest BCUT2D eigenvalue weighted by Crippen LogP contribution is -1.87. The lowest BCUT2D eigenvalue weighted by atomic mass is 10.4. The molecule has 0 radical (unpaired) electrons. The number of ether oxygens (including phenoxy) is 1. The minimum Gasteiger partial charge on any atom is -0.378 e. The van der Waals surface area contributed by atoms with Crippen LogP contribution in [0.4, 0.5) is 0 Å². The van der Waals surface area contributed by atoms with Gasteiger partial charge in [-0.2, -0.15) is 0 Å². The molecule has 0 unspecified atom stereocenters. The summed E-state index contributed by atoms with van der Waals surface area (Å²) in [5, 5.41) is 0. The van der Waals surface area contributed by atoms with Gasteiger partial charge in [0.05, 0.1) is 6.61 Å². The molecule has 0 heterocycles. The maximum Gasteiger partial charge on any atom is 0.0647 e. The van der Waals surface area contributed by atoms with Gasteiger partial charge in [0.25, 0.3) is 0 Å². The second-order valence-electron chi connectivity index (χ2n) is 1.61. The largest absolute Gasteiger partial charge is 0.378 e. The van der Waals surface area contributed by atoms with Crippen LogP contribution in [-0.2, 0) is 4.74 Å². The molecule has 0 bridgehead atoms. The lowest BCUT2D eigenvalue weighted by molar-refractivity contribution is 0.177. The minimum absolute atomic E-state index is 0.697. The van der Waals surface area contributed by atoms with Crippen LogP contribution in [-0.4, -0.2) is 19.1 Å². The van der Waals surface area contributed by atoms with Gasteiger partial charge < -0.3 is 4.74 Å². The second-order valence-corrected chi connectivity index (χ2v) is 1.99. The second kappa shape index (κ2) is 7.99. The molecule has 0 atom stereocenters. The average molecular weight is 149 g/mol. The molecule has 0 fully saturated rings. The predicted octanol–water partition coefficient (Wildman–Crippen LogP) is 2.21. The number of rotatable bonds is 5. The van der Waals surface area contributed by atoms with Gasteiger partial charge in [0.15, 0.2) is 0 Å². The third-order valence-corrected chi connectivity index (χ3v) is 1.08. The van der Waals surface area contributed by atoms with E-state index in [-0.39, 0.29) is 0 Å². The Balaban J connectivity index is 2.86. The summed E-state index contributed by atoms with van der Waals surface area (Å²) >= 11 is 5.42. The molecule has 0 aliphatic heterocycles. The van der Waals surface area contributed by atoms with Crippen LogP contribution < -0.4 is 0 Å². The van der Waals surface area contributed by atoms with E-state index in [1.165, 1.54) is 0 Å². The minimum atomic E-state index is 0.697. The van der Waals surface area contributed by atoms with Gasteiger partial charge in [-0.1, -0.05) is 12.2 Å². The van der Waals surface area contributed by atoms with E-state index < -0.39 is 0 Å². The zero-order valence-corrected chi connectivity index (χ0v) is 6.53. The van der Waals surface area contributed by atoms with Crippen molar-refractivity contribution < 1.29 is 4.74 Å². The zero-order chi connectivity index (χ0) is 6.95. The fourth-order valence-electron chi connectivity index (χ4n) is 0.435. The molecule has 0 spiro atoms. The van der Waals surface area contributed by atoms with Gasteiger partial charge in [-0.25, -0.2) is 0 Å². The van der Waals surface area contributed by atoms with E-state index in [1.54, 1.807) is 0 Å². The van der Waals surface area contributed by atoms with Crippen molar-refractivity contribution in [2.24, 2.45) is 0 Å². The normalized spacial score (nSPS) is 10.9. The summed E-state index contributed by atoms with van der Waals surface area (Å²) in [6.07, 6.45) is 4.96. The van der Waals surface area contributed by atoms with Crippen molar-refractivity contribution in [1.82, 2.24) is 0 Å². The molecular weight excluding hydrogens is 136 g/mol. The van der Waals surface area contributed by atoms with Crippen LogP contribution in [0.1, 0.15) is 13.3 Å². The van der Waals surface area contributed by atoms with Crippen LogP contribution in [0.15, 0.2) is 12.2 Å². The third-order valence-electron chi connectivity index (χ3n) is 0.861. The van der Waals surface area contributed by atoms with Crippen LogP contribution >= 0.6 is 11.6 Å². The van der Waals surface area contributed by atoms with Crippen LogP contribution in [0, 0.1) is 0 Å². The summed E-state index contributed by atoms with van der Waals surface area (Å²) in [5.41, 5.74) is 0. The number of hydrogen-bond acceptors (Lipinski definition) is 1. The Morgan fingerprint density at radius 2 is 2.22 bits per heavy atom. The molecule has 0 saturated heterocycles. The van der Waals surface area contributed by atoms with Gasteiger partial charge in [0.1, 0.15) is 0 Å². The van der Waals surface area contributed by atoms with E-state index in [0.29, 0.717) is 12.5 Å². The molecule has 9 heavy (non-hydrogen) atoms. The first-order valence-corrected chi connectivity index (χ1v) is 3.74. The monoisotopic (exact) mass is 148 g/mol. The molecule has 0 amide bonds. The molecule has 0 aliphatic carbocycles. The van der Waals surface area contributed by atoms with Crippen molar-refractivity contribution in [3.05, 3.63) is 12.2 Å². The van der Waals surface area contributed by atoms with Gasteiger partial charge in [-0.15, -0.1) is 11.6 Å². The fourth-order valence-corrected chi connectivity index (χ4v) is 0.561. The summed E-state index contributed by atoms with van der Waals surface area (Å²) < 4.78 is 5.05. The topological polar surface area (TPSA) is 9.23 Å². The maximum atomic E-state index is 5.42. The molecular formula is C7H13ClO. The summed E-state index contributed by atoms with van der Waals surface area (Å²) in [7, 11) is 0. The summed E-state index contributed by atoms with van der Waals surface area (Å²) in [5.74, 6) is 0.697. The first kappa shape index (κ1) is 8.99. The number of allylic oxidation sites excluding steroid dienone is 1. The Hall–Kier alpha value is -0.0100. The van der Waals surface area contributed by atoms with Crippen LogP contribution in [0.2, 0.25) is 0 Å². The highest BCUT2D eigenvalue weighted by Gasteiger charge is 1.75. The highest BCUT2D eigenvalue weighted by molar-refractivity contribution is 6.17. The maximum absolute atomic E-state index is 5.42. The van der Waals surface area contributed by atoms with E-state index in [1.807, 2.05) is 19.1 Å². The zero-order valence-electron chi connectivity index (χ0n) is 5.77. The summed E-state index contributed by atoms with van der Waals surface area (Å²) in [4.78, 5) is 0. The van der Waals surface area contributed by atoms with Crippen molar-refractivity contribution in [1.29, 1.82) is 0 Å². The van der Waals surface area contributed by atoms with E-state index in [0.717, 1.165) is 13.0 Å².